The van der Waals surface area contributed by atoms with Crippen LogP contribution in [0.15, 0.2) is 65.3 Å². The molecule has 3 heterocycles. The molecule has 152 valence electrons. The number of para-hydroxylation sites is 1. The van der Waals surface area contributed by atoms with Gasteiger partial charge in [0, 0.05) is 23.4 Å². The van der Waals surface area contributed by atoms with Crippen LogP contribution in [-0.2, 0) is 16.2 Å². The molecular formula is C22H16F2N2O3S. The summed E-state index contributed by atoms with van der Waals surface area (Å²) in [5, 5.41) is 0. The van der Waals surface area contributed by atoms with Gasteiger partial charge in [0.1, 0.15) is 11.6 Å². The molecule has 0 aliphatic carbocycles. The number of carbonyl (C=O) groups is 2. The molecule has 5 rings (SSSR count). The van der Waals surface area contributed by atoms with Crippen LogP contribution in [0.2, 0.25) is 0 Å². The first-order valence-corrected chi connectivity index (χ1v) is 10.4. The van der Waals surface area contributed by atoms with E-state index in [1.165, 1.54) is 33.9 Å². The summed E-state index contributed by atoms with van der Waals surface area (Å²) >= 11 is 1.34. The summed E-state index contributed by atoms with van der Waals surface area (Å²) in [6.07, 6.45) is 1.40. The van der Waals surface area contributed by atoms with Crippen molar-refractivity contribution >= 4 is 29.3 Å². The summed E-state index contributed by atoms with van der Waals surface area (Å²) in [6.45, 7) is 0.0889. The van der Waals surface area contributed by atoms with Gasteiger partial charge in [0.25, 0.3) is 11.8 Å². The zero-order valence-corrected chi connectivity index (χ0v) is 16.5. The Bertz CT molecular complexity index is 1130. The number of hydrogen-bond donors (Lipinski definition) is 0. The Morgan fingerprint density at radius 3 is 2.57 bits per heavy atom. The van der Waals surface area contributed by atoms with Gasteiger partial charge in [-0.25, -0.2) is 8.78 Å². The van der Waals surface area contributed by atoms with Crippen molar-refractivity contribution < 1.29 is 22.8 Å². The number of rotatable bonds is 3. The van der Waals surface area contributed by atoms with E-state index >= 15 is 0 Å². The Morgan fingerprint density at radius 2 is 1.83 bits per heavy atom. The van der Waals surface area contributed by atoms with Crippen LogP contribution in [0.4, 0.5) is 14.5 Å². The number of nitrogens with zero attached hydrogens (tertiary/aromatic N) is 2. The third-order valence-corrected chi connectivity index (χ3v) is 6.88. The molecule has 1 fully saturated rings. The number of hydrogen-bond acceptors (Lipinski definition) is 4. The van der Waals surface area contributed by atoms with Crippen molar-refractivity contribution in [2.24, 2.45) is 0 Å². The highest BCUT2D eigenvalue weighted by atomic mass is 32.2. The predicted molar refractivity (Wildman–Crippen MR) is 108 cm³/mol. The van der Waals surface area contributed by atoms with E-state index in [2.05, 4.69) is 0 Å². The zero-order chi connectivity index (χ0) is 20.9. The Morgan fingerprint density at radius 1 is 1.07 bits per heavy atom. The Hall–Kier alpha value is -3.13. The van der Waals surface area contributed by atoms with Crippen LogP contribution in [0.5, 0.6) is 0 Å². The quantitative estimate of drug-likeness (QED) is 0.632. The molecule has 1 spiro atoms. The highest BCUT2D eigenvalue weighted by Crippen LogP contribution is 2.54. The lowest BCUT2D eigenvalue weighted by Gasteiger charge is -2.32. The SMILES string of the molecule is O=C(c1ccco1)N1CCS[C@]12C(=O)N(Cc1c(F)cccc1F)c1ccccc12. The van der Waals surface area contributed by atoms with E-state index in [0.29, 0.717) is 23.5 Å². The molecule has 1 aromatic heterocycles. The second-order valence-corrected chi connectivity index (χ2v) is 8.32. The summed E-state index contributed by atoms with van der Waals surface area (Å²) in [5.74, 6) is -1.54. The van der Waals surface area contributed by atoms with Crippen LogP contribution in [0.3, 0.4) is 0 Å². The highest BCUT2D eigenvalue weighted by molar-refractivity contribution is 8.01. The number of thioether (sulfide) groups is 1. The van der Waals surface area contributed by atoms with Gasteiger partial charge in [-0.3, -0.25) is 9.59 Å². The van der Waals surface area contributed by atoms with E-state index in [1.807, 2.05) is 0 Å². The van der Waals surface area contributed by atoms with Crippen molar-refractivity contribution in [1.29, 1.82) is 0 Å². The maximum atomic E-state index is 14.3. The molecule has 0 N–H and O–H groups in total. The molecule has 30 heavy (non-hydrogen) atoms. The number of furan rings is 1. The van der Waals surface area contributed by atoms with Gasteiger partial charge in [0.15, 0.2) is 10.6 Å². The minimum absolute atomic E-state index is 0.140. The number of amides is 2. The highest BCUT2D eigenvalue weighted by Gasteiger charge is 2.59. The molecule has 2 amide bonds. The molecule has 2 aliphatic rings. The van der Waals surface area contributed by atoms with Crippen molar-refractivity contribution in [3.8, 4) is 0 Å². The van der Waals surface area contributed by atoms with Crippen molar-refractivity contribution in [3.63, 3.8) is 0 Å². The fourth-order valence-electron chi connectivity index (χ4n) is 4.10. The lowest BCUT2D eigenvalue weighted by atomic mass is 10.1. The first-order valence-electron chi connectivity index (χ1n) is 9.38. The minimum atomic E-state index is -1.29. The van der Waals surface area contributed by atoms with Crippen molar-refractivity contribution in [1.82, 2.24) is 4.90 Å². The van der Waals surface area contributed by atoms with Crippen LogP contribution < -0.4 is 4.90 Å². The number of fused-ring (bicyclic) bond motifs is 2. The fraction of sp³-hybridized carbons (Fsp3) is 0.182. The number of carbonyl (C=O) groups excluding carboxylic acids is 2. The first kappa shape index (κ1) is 18.9. The molecule has 0 saturated carbocycles. The molecule has 2 aliphatic heterocycles. The summed E-state index contributed by atoms with van der Waals surface area (Å²) < 4.78 is 33.9. The molecule has 0 radical (unpaired) electrons. The van der Waals surface area contributed by atoms with Gasteiger partial charge in [0.05, 0.1) is 18.5 Å². The third-order valence-electron chi connectivity index (χ3n) is 5.46. The van der Waals surface area contributed by atoms with Crippen LogP contribution in [0.1, 0.15) is 21.7 Å². The lowest BCUT2D eigenvalue weighted by Crippen LogP contribution is -2.50. The van der Waals surface area contributed by atoms with E-state index in [0.717, 1.165) is 12.1 Å². The van der Waals surface area contributed by atoms with E-state index in [9.17, 15) is 18.4 Å². The monoisotopic (exact) mass is 426 g/mol. The zero-order valence-electron chi connectivity index (χ0n) is 15.7. The van der Waals surface area contributed by atoms with Crippen LogP contribution in [0.25, 0.3) is 0 Å². The van der Waals surface area contributed by atoms with Crippen molar-refractivity contribution in [2.45, 2.75) is 11.4 Å². The van der Waals surface area contributed by atoms with E-state index in [1.54, 1.807) is 36.4 Å². The molecular weight excluding hydrogens is 410 g/mol. The molecule has 1 saturated heterocycles. The minimum Gasteiger partial charge on any atom is -0.459 e. The summed E-state index contributed by atoms with van der Waals surface area (Å²) in [7, 11) is 0. The predicted octanol–water partition coefficient (Wildman–Crippen LogP) is 4.15. The topological polar surface area (TPSA) is 53.8 Å². The van der Waals surface area contributed by atoms with E-state index in [-0.39, 0.29) is 17.9 Å². The van der Waals surface area contributed by atoms with Gasteiger partial charge in [-0.05, 0) is 30.3 Å². The Balaban J connectivity index is 1.61. The van der Waals surface area contributed by atoms with Crippen molar-refractivity contribution in [3.05, 3.63) is 89.4 Å². The first-order chi connectivity index (χ1) is 14.5. The molecule has 3 aromatic rings. The van der Waals surface area contributed by atoms with Gasteiger partial charge >= 0.3 is 0 Å². The molecule has 1 atom stereocenters. The molecule has 5 nitrogen and oxygen atoms in total. The van der Waals surface area contributed by atoms with Gasteiger partial charge in [-0.2, -0.15) is 0 Å². The second-order valence-electron chi connectivity index (χ2n) is 7.04. The van der Waals surface area contributed by atoms with Crippen molar-refractivity contribution in [2.75, 3.05) is 17.2 Å². The number of halogens is 2. The molecule has 8 heteroatoms. The average molecular weight is 426 g/mol. The summed E-state index contributed by atoms with van der Waals surface area (Å²) in [4.78, 5) is 28.4. The Labute approximate surface area is 175 Å². The fourth-order valence-corrected chi connectivity index (χ4v) is 5.56. The summed E-state index contributed by atoms with van der Waals surface area (Å²) in [6, 6.07) is 13.8. The van der Waals surface area contributed by atoms with E-state index in [4.69, 9.17) is 4.42 Å². The molecule has 2 aromatic carbocycles. The normalized spacial score (nSPS) is 20.3. The summed E-state index contributed by atoms with van der Waals surface area (Å²) in [5.41, 5.74) is 0.982. The smallest absolute Gasteiger partial charge is 0.291 e. The van der Waals surface area contributed by atoms with Gasteiger partial charge in [-0.1, -0.05) is 24.3 Å². The third kappa shape index (κ3) is 2.60. The molecule has 0 bridgehead atoms. The largest absolute Gasteiger partial charge is 0.459 e. The van der Waals surface area contributed by atoms with Crippen LogP contribution >= 0.6 is 11.8 Å². The van der Waals surface area contributed by atoms with Crippen LogP contribution in [0, 0.1) is 11.6 Å². The molecule has 0 unspecified atom stereocenters. The second kappa shape index (κ2) is 6.98. The van der Waals surface area contributed by atoms with Crippen LogP contribution in [-0.4, -0.2) is 29.0 Å². The number of benzene rings is 2. The maximum Gasteiger partial charge on any atom is 0.291 e. The maximum absolute atomic E-state index is 14.3. The van der Waals surface area contributed by atoms with E-state index < -0.39 is 28.3 Å². The lowest BCUT2D eigenvalue weighted by molar-refractivity contribution is -0.123. The standard InChI is InChI=1S/C22H16F2N2O3S/c23-16-6-3-7-17(24)14(16)13-25-18-8-2-1-5-15(18)22(21(25)28)26(10-12-30-22)20(27)19-9-4-11-29-19/h1-9,11H,10,12-13H2/t22-/m1/s1. The van der Waals surface area contributed by atoms with Gasteiger partial charge in [-0.15, -0.1) is 11.8 Å². The Kier molecular flexibility index (Phi) is 4.39. The van der Waals surface area contributed by atoms with Gasteiger partial charge < -0.3 is 14.2 Å². The number of anilines is 1. The van der Waals surface area contributed by atoms with Gasteiger partial charge in [0.2, 0.25) is 0 Å². The average Bonchev–Trinajstić information content (AvgIpc) is 3.47.